The molecule has 2 aromatic heterocycles. The van der Waals surface area contributed by atoms with E-state index in [2.05, 4.69) is 162 Å². The Morgan fingerprint density at radius 2 is 1.02 bits per heavy atom. The molecule has 2 heterocycles. The van der Waals surface area contributed by atoms with E-state index in [1.165, 1.54) is 5.57 Å². The monoisotopic (exact) mass is 556 g/mol. The van der Waals surface area contributed by atoms with Gasteiger partial charge in [-0.15, -0.1) is 0 Å². The van der Waals surface area contributed by atoms with Crippen molar-refractivity contribution in [3.63, 3.8) is 0 Å². The summed E-state index contributed by atoms with van der Waals surface area (Å²) in [5, 5.41) is 15.6. The minimum absolute atomic E-state index is 0.625. The Balaban J connectivity index is 1.67. The van der Waals surface area contributed by atoms with Gasteiger partial charge in [0.05, 0.1) is 33.4 Å². The minimum atomic E-state index is 0.625. The zero-order chi connectivity index (χ0) is 29.7. The van der Waals surface area contributed by atoms with Crippen molar-refractivity contribution in [2.24, 2.45) is 0 Å². The van der Waals surface area contributed by atoms with Crippen molar-refractivity contribution < 1.29 is 0 Å². The number of hydrogen-bond donors (Lipinski definition) is 0. The Hall–Kier alpha value is -5.53. The van der Waals surface area contributed by atoms with E-state index in [9.17, 15) is 5.26 Å². The largest absolute Gasteiger partial charge is 0.345 e. The van der Waals surface area contributed by atoms with Gasteiger partial charge in [-0.1, -0.05) is 84.4 Å². The molecule has 4 heteroatoms. The number of rotatable bonds is 5. The van der Waals surface area contributed by atoms with Gasteiger partial charge in [0.2, 0.25) is 0 Å². The highest BCUT2D eigenvalue weighted by atomic mass is 15.1. The summed E-state index contributed by atoms with van der Waals surface area (Å²) >= 11 is 0. The van der Waals surface area contributed by atoms with Crippen molar-refractivity contribution >= 4 is 49.3 Å². The maximum atomic E-state index is 11.0. The van der Waals surface area contributed by atoms with Gasteiger partial charge in [0.1, 0.15) is 11.6 Å². The average molecular weight is 557 g/mol. The van der Waals surface area contributed by atoms with Crippen molar-refractivity contribution in [1.29, 1.82) is 5.26 Å². The summed E-state index contributed by atoms with van der Waals surface area (Å²) in [6.07, 6.45) is 4.22. The van der Waals surface area contributed by atoms with E-state index in [4.69, 9.17) is 0 Å². The lowest BCUT2D eigenvalue weighted by Crippen LogP contribution is -2.18. The van der Waals surface area contributed by atoms with E-state index < -0.39 is 0 Å². The molecule has 0 atom stereocenters. The van der Waals surface area contributed by atoms with E-state index in [1.54, 1.807) is 0 Å². The molecule has 43 heavy (non-hydrogen) atoms. The Morgan fingerprint density at radius 3 is 1.35 bits per heavy atom. The van der Waals surface area contributed by atoms with Crippen molar-refractivity contribution in [1.82, 2.24) is 9.13 Å². The fourth-order valence-corrected chi connectivity index (χ4v) is 6.53. The number of para-hydroxylation sites is 4. The fourth-order valence-electron chi connectivity index (χ4n) is 6.53. The lowest BCUT2D eigenvalue weighted by Gasteiger charge is -2.26. The summed E-state index contributed by atoms with van der Waals surface area (Å²) in [6.45, 7) is 6.32. The third-order valence-corrected chi connectivity index (χ3v) is 8.42. The van der Waals surface area contributed by atoms with Crippen molar-refractivity contribution in [3.05, 3.63) is 138 Å². The van der Waals surface area contributed by atoms with Crippen molar-refractivity contribution in [2.75, 3.05) is 11.9 Å². The molecule has 0 aliphatic rings. The SMILES string of the molecule is C/C=C\C(=C(C)C)N(C)c1cc(-n2c3ccccc3c3ccccc32)c(C#N)c(-n2c3ccccc3c3ccccc32)c1. The van der Waals surface area contributed by atoms with Crippen LogP contribution in [0.3, 0.4) is 0 Å². The second-order valence-electron chi connectivity index (χ2n) is 11.2. The van der Waals surface area contributed by atoms with E-state index >= 15 is 0 Å². The molecule has 7 aromatic rings. The molecule has 0 aliphatic carbocycles. The first-order valence-electron chi connectivity index (χ1n) is 14.6. The summed E-state index contributed by atoms with van der Waals surface area (Å²) < 4.78 is 4.52. The number of likely N-dealkylation sites (N-methyl/N-ethyl adjacent to an activating group) is 1. The molecule has 0 saturated carbocycles. The first kappa shape index (κ1) is 26.4. The Bertz CT molecular complexity index is 2060. The summed E-state index contributed by atoms with van der Waals surface area (Å²) in [5.74, 6) is 0. The zero-order valence-electron chi connectivity index (χ0n) is 24.8. The van der Waals surface area contributed by atoms with Gasteiger partial charge < -0.3 is 14.0 Å². The van der Waals surface area contributed by atoms with Crippen LogP contribution in [0.25, 0.3) is 55.0 Å². The molecule has 208 valence electrons. The van der Waals surface area contributed by atoms with Gasteiger partial charge in [-0.2, -0.15) is 5.26 Å². The third-order valence-electron chi connectivity index (χ3n) is 8.42. The second kappa shape index (κ2) is 10.4. The maximum absolute atomic E-state index is 11.0. The van der Waals surface area contributed by atoms with Gasteiger partial charge in [0.15, 0.2) is 0 Å². The molecule has 7 rings (SSSR count). The quantitative estimate of drug-likeness (QED) is 0.198. The van der Waals surface area contributed by atoms with Gasteiger partial charge in [-0.05, 0) is 63.2 Å². The lowest BCUT2D eigenvalue weighted by atomic mass is 10.1. The van der Waals surface area contributed by atoms with E-state index in [0.717, 1.165) is 66.4 Å². The molecule has 0 N–H and O–H groups in total. The standard InChI is InChI=1S/C39H32N4/c1-5-14-33(26(2)3)41(4)27-23-38(42-34-19-10-6-15-28(34)29-16-7-11-20-35(29)42)32(25-40)39(24-27)43-36-21-12-8-17-30(36)31-18-9-13-22-37(31)43/h5-24H,1-4H3/b14-5-. The lowest BCUT2D eigenvalue weighted by molar-refractivity contribution is 1.06. The first-order valence-corrected chi connectivity index (χ1v) is 14.6. The Labute approximate surface area is 251 Å². The van der Waals surface area contributed by atoms with Crippen LogP contribution >= 0.6 is 0 Å². The number of anilines is 1. The molecule has 0 bridgehead atoms. The van der Waals surface area contributed by atoms with Gasteiger partial charge in [-0.25, -0.2) is 0 Å². The molecule has 0 aliphatic heterocycles. The molecule has 0 radical (unpaired) electrons. The first-order chi connectivity index (χ1) is 21.0. The zero-order valence-corrected chi connectivity index (χ0v) is 24.8. The highest BCUT2D eigenvalue weighted by molar-refractivity contribution is 6.11. The smallest absolute Gasteiger partial charge is 0.104 e. The topological polar surface area (TPSA) is 36.9 Å². The molecule has 0 amide bonds. The summed E-state index contributed by atoms with van der Waals surface area (Å²) in [4.78, 5) is 2.23. The van der Waals surface area contributed by atoms with Crippen molar-refractivity contribution in [3.8, 4) is 17.4 Å². The maximum Gasteiger partial charge on any atom is 0.104 e. The minimum Gasteiger partial charge on any atom is -0.345 e. The van der Waals surface area contributed by atoms with Crippen LogP contribution in [0.1, 0.15) is 26.3 Å². The number of benzene rings is 5. The van der Waals surface area contributed by atoms with Crippen LogP contribution in [0.15, 0.2) is 133 Å². The fraction of sp³-hybridized carbons (Fsp3) is 0.103. The Morgan fingerprint density at radius 1 is 0.651 bits per heavy atom. The number of hydrogen-bond acceptors (Lipinski definition) is 2. The van der Waals surface area contributed by atoms with Crippen LogP contribution in [0.2, 0.25) is 0 Å². The Kier molecular flexibility index (Phi) is 6.37. The molecule has 0 spiro atoms. The molecule has 0 fully saturated rings. The highest BCUT2D eigenvalue weighted by Crippen LogP contribution is 2.40. The highest BCUT2D eigenvalue weighted by Gasteiger charge is 2.23. The van der Waals surface area contributed by atoms with E-state index in [1.807, 2.05) is 6.92 Å². The van der Waals surface area contributed by atoms with E-state index in [0.29, 0.717) is 5.56 Å². The van der Waals surface area contributed by atoms with Gasteiger partial charge >= 0.3 is 0 Å². The normalized spacial score (nSPS) is 11.6. The molecule has 0 unspecified atom stereocenters. The number of fused-ring (bicyclic) bond motifs is 6. The predicted octanol–water partition coefficient (Wildman–Crippen LogP) is 10.1. The number of nitrogens with zero attached hydrogens (tertiary/aromatic N) is 4. The van der Waals surface area contributed by atoms with E-state index in [-0.39, 0.29) is 0 Å². The number of nitriles is 1. The molecule has 0 saturated heterocycles. The van der Waals surface area contributed by atoms with Crippen LogP contribution in [0, 0.1) is 11.3 Å². The van der Waals surface area contributed by atoms with Crippen molar-refractivity contribution in [2.45, 2.75) is 20.8 Å². The molecular formula is C39H32N4. The summed E-state index contributed by atoms with van der Waals surface area (Å²) in [5.41, 5.74) is 9.96. The predicted molar refractivity (Wildman–Crippen MR) is 181 cm³/mol. The summed E-state index contributed by atoms with van der Waals surface area (Å²) in [7, 11) is 2.11. The van der Waals surface area contributed by atoms with Crippen LogP contribution in [-0.2, 0) is 0 Å². The molecule has 5 aromatic carbocycles. The van der Waals surface area contributed by atoms with Gasteiger partial charge in [0.25, 0.3) is 0 Å². The van der Waals surface area contributed by atoms with Crippen LogP contribution in [-0.4, -0.2) is 16.2 Å². The second-order valence-corrected chi connectivity index (χ2v) is 11.2. The third kappa shape index (κ3) is 4.05. The molecule has 4 nitrogen and oxygen atoms in total. The summed E-state index contributed by atoms with van der Waals surface area (Å²) in [6, 6.07) is 40.8. The van der Waals surface area contributed by atoms with Gasteiger partial charge in [0, 0.05) is 40.0 Å². The van der Waals surface area contributed by atoms with Crippen LogP contribution < -0.4 is 4.90 Å². The van der Waals surface area contributed by atoms with Crippen LogP contribution in [0.5, 0.6) is 0 Å². The number of aromatic nitrogens is 2. The average Bonchev–Trinajstić information content (AvgIpc) is 3.55. The van der Waals surface area contributed by atoms with Crippen LogP contribution in [0.4, 0.5) is 5.69 Å². The number of allylic oxidation sites excluding steroid dienone is 3. The van der Waals surface area contributed by atoms with Gasteiger partial charge in [-0.3, -0.25) is 0 Å². The molecular weight excluding hydrogens is 524 g/mol.